The van der Waals surface area contributed by atoms with Crippen molar-refractivity contribution in [2.75, 3.05) is 7.05 Å². The molecule has 0 aliphatic rings. The third kappa shape index (κ3) is 3.33. The van der Waals surface area contributed by atoms with E-state index in [4.69, 9.17) is 0 Å². The quantitative estimate of drug-likeness (QED) is 0.915. The second-order valence-corrected chi connectivity index (χ2v) is 6.28. The van der Waals surface area contributed by atoms with Crippen LogP contribution in [0.3, 0.4) is 0 Å². The summed E-state index contributed by atoms with van der Waals surface area (Å²) < 4.78 is 1.23. The van der Waals surface area contributed by atoms with Gasteiger partial charge in [-0.15, -0.1) is 0 Å². The van der Waals surface area contributed by atoms with Crippen molar-refractivity contribution in [1.29, 1.82) is 0 Å². The number of nitrogens with zero attached hydrogens (tertiary/aromatic N) is 3. The van der Waals surface area contributed by atoms with Crippen LogP contribution in [0.1, 0.15) is 37.7 Å². The number of aryl methyl sites for hydroxylation is 1. The van der Waals surface area contributed by atoms with Gasteiger partial charge in [-0.05, 0) is 31.4 Å². The number of H-pyrrole nitrogens is 1. The van der Waals surface area contributed by atoms with Crippen molar-refractivity contribution >= 4 is 16.9 Å². The standard InChI is InChI=1S/C16H22N4O3/c1-9(2)8-10(3)19(4)15(22)12-7-6-11-13(17-12)20(5)16(23)18-14(11)21/h6-7,9-10H,8H2,1-5H3,(H,18,21,23). The van der Waals surface area contributed by atoms with Gasteiger partial charge < -0.3 is 4.90 Å². The summed E-state index contributed by atoms with van der Waals surface area (Å²) in [5.74, 6) is 0.247. The van der Waals surface area contributed by atoms with Gasteiger partial charge in [0.05, 0.1) is 5.39 Å². The van der Waals surface area contributed by atoms with Gasteiger partial charge in [0.2, 0.25) is 0 Å². The van der Waals surface area contributed by atoms with E-state index in [0.717, 1.165) is 6.42 Å². The minimum Gasteiger partial charge on any atom is -0.338 e. The molecule has 1 atom stereocenters. The first-order chi connectivity index (χ1) is 10.7. The normalized spacial score (nSPS) is 12.6. The summed E-state index contributed by atoms with van der Waals surface area (Å²) in [5, 5.41) is 0.279. The lowest BCUT2D eigenvalue weighted by Gasteiger charge is -2.26. The number of carbonyl (C=O) groups excluding carboxylic acids is 1. The zero-order valence-corrected chi connectivity index (χ0v) is 14.1. The van der Waals surface area contributed by atoms with Gasteiger partial charge in [0.1, 0.15) is 11.3 Å². The Balaban J connectivity index is 2.44. The molecule has 0 fully saturated rings. The molecule has 2 heterocycles. The number of hydrogen-bond donors (Lipinski definition) is 1. The maximum atomic E-state index is 12.6. The van der Waals surface area contributed by atoms with E-state index in [0.29, 0.717) is 5.92 Å². The van der Waals surface area contributed by atoms with Gasteiger partial charge in [0, 0.05) is 20.1 Å². The molecule has 7 nitrogen and oxygen atoms in total. The Morgan fingerprint density at radius 2 is 1.96 bits per heavy atom. The second-order valence-electron chi connectivity index (χ2n) is 6.28. The predicted molar refractivity (Wildman–Crippen MR) is 88.6 cm³/mol. The van der Waals surface area contributed by atoms with Crippen LogP contribution in [0.15, 0.2) is 21.7 Å². The second kappa shape index (κ2) is 6.36. The van der Waals surface area contributed by atoms with E-state index in [1.54, 1.807) is 11.9 Å². The van der Waals surface area contributed by atoms with Crippen LogP contribution >= 0.6 is 0 Å². The Morgan fingerprint density at radius 3 is 2.57 bits per heavy atom. The van der Waals surface area contributed by atoms with Crippen LogP contribution in [0.25, 0.3) is 11.0 Å². The monoisotopic (exact) mass is 318 g/mol. The molecule has 0 saturated carbocycles. The summed E-state index contributed by atoms with van der Waals surface area (Å²) in [6.45, 7) is 6.19. The first kappa shape index (κ1) is 16.9. The Kier molecular flexibility index (Phi) is 4.68. The fraction of sp³-hybridized carbons (Fsp3) is 0.500. The summed E-state index contributed by atoms with van der Waals surface area (Å²) in [7, 11) is 3.24. The van der Waals surface area contributed by atoms with Crippen LogP contribution in [0.4, 0.5) is 0 Å². The summed E-state index contributed by atoms with van der Waals surface area (Å²) >= 11 is 0. The molecule has 0 spiro atoms. The van der Waals surface area contributed by atoms with Gasteiger partial charge in [-0.3, -0.25) is 19.1 Å². The van der Waals surface area contributed by atoms with Gasteiger partial charge in [0.15, 0.2) is 0 Å². The third-order valence-electron chi connectivity index (χ3n) is 3.98. The number of pyridine rings is 1. The number of carbonyl (C=O) groups is 1. The van der Waals surface area contributed by atoms with Crippen molar-refractivity contribution in [3.63, 3.8) is 0 Å². The molecule has 0 aromatic carbocycles. The van der Waals surface area contributed by atoms with Crippen molar-refractivity contribution in [2.45, 2.75) is 33.2 Å². The van der Waals surface area contributed by atoms with Gasteiger partial charge in [-0.25, -0.2) is 9.78 Å². The molecule has 1 N–H and O–H groups in total. The van der Waals surface area contributed by atoms with Crippen molar-refractivity contribution in [2.24, 2.45) is 13.0 Å². The van der Waals surface area contributed by atoms with Crippen molar-refractivity contribution < 1.29 is 4.79 Å². The lowest BCUT2D eigenvalue weighted by atomic mass is 10.0. The molecule has 0 aliphatic heterocycles. The first-order valence-corrected chi connectivity index (χ1v) is 7.59. The summed E-state index contributed by atoms with van der Waals surface area (Å²) in [6.07, 6.45) is 0.883. The molecule has 0 radical (unpaired) electrons. The van der Waals surface area contributed by atoms with Gasteiger partial charge in [-0.2, -0.15) is 0 Å². The Morgan fingerprint density at radius 1 is 1.30 bits per heavy atom. The summed E-state index contributed by atoms with van der Waals surface area (Å²) in [4.78, 5) is 44.1. The van der Waals surface area contributed by atoms with Crippen LogP contribution in [0.2, 0.25) is 0 Å². The number of rotatable bonds is 4. The molecule has 124 valence electrons. The highest BCUT2D eigenvalue weighted by atomic mass is 16.2. The predicted octanol–water partition coefficient (Wildman–Crippen LogP) is 1.13. The highest BCUT2D eigenvalue weighted by molar-refractivity contribution is 5.94. The lowest BCUT2D eigenvalue weighted by Crippen LogP contribution is -2.36. The third-order valence-corrected chi connectivity index (χ3v) is 3.98. The number of nitrogens with one attached hydrogen (secondary N) is 1. The molecule has 7 heteroatoms. The fourth-order valence-corrected chi connectivity index (χ4v) is 2.57. The summed E-state index contributed by atoms with van der Waals surface area (Å²) in [5.41, 5.74) is -0.636. The minimum absolute atomic E-state index is 0.0722. The minimum atomic E-state index is -0.555. The van der Waals surface area contributed by atoms with Gasteiger partial charge >= 0.3 is 5.69 Å². The molecule has 1 unspecified atom stereocenters. The van der Waals surface area contributed by atoms with E-state index >= 15 is 0 Å². The van der Waals surface area contributed by atoms with E-state index < -0.39 is 11.2 Å². The number of aromatic nitrogens is 3. The molecule has 0 saturated heterocycles. The maximum absolute atomic E-state index is 12.6. The first-order valence-electron chi connectivity index (χ1n) is 7.59. The average molecular weight is 318 g/mol. The van der Waals surface area contributed by atoms with Crippen LogP contribution < -0.4 is 11.2 Å². The molecule has 2 aromatic rings. The van der Waals surface area contributed by atoms with E-state index in [9.17, 15) is 14.4 Å². The van der Waals surface area contributed by atoms with Crippen LogP contribution in [0.5, 0.6) is 0 Å². The smallest absolute Gasteiger partial charge is 0.329 e. The van der Waals surface area contributed by atoms with Crippen molar-refractivity contribution in [3.05, 3.63) is 38.7 Å². The number of amides is 1. The Bertz CT molecular complexity index is 851. The van der Waals surface area contributed by atoms with Gasteiger partial charge in [-0.1, -0.05) is 13.8 Å². The summed E-state index contributed by atoms with van der Waals surface area (Å²) in [6, 6.07) is 3.11. The molecule has 23 heavy (non-hydrogen) atoms. The van der Waals surface area contributed by atoms with Crippen LogP contribution in [-0.2, 0) is 7.05 Å². The molecule has 1 amide bonds. The average Bonchev–Trinajstić information content (AvgIpc) is 2.50. The fourth-order valence-electron chi connectivity index (χ4n) is 2.57. The zero-order chi connectivity index (χ0) is 17.3. The number of fused-ring (bicyclic) bond motifs is 1. The van der Waals surface area contributed by atoms with E-state index in [2.05, 4.69) is 23.8 Å². The molecule has 0 bridgehead atoms. The number of aromatic amines is 1. The van der Waals surface area contributed by atoms with Crippen LogP contribution in [0, 0.1) is 5.92 Å². The molecule has 0 aliphatic carbocycles. The van der Waals surface area contributed by atoms with Crippen LogP contribution in [-0.4, -0.2) is 38.4 Å². The SMILES string of the molecule is CC(C)CC(C)N(C)C(=O)c1ccc2c(=O)[nH]c(=O)n(C)c2n1. The van der Waals surface area contributed by atoms with Gasteiger partial charge in [0.25, 0.3) is 11.5 Å². The Labute approximate surface area is 134 Å². The Hall–Kier alpha value is -2.44. The zero-order valence-electron chi connectivity index (χ0n) is 14.1. The topological polar surface area (TPSA) is 88.1 Å². The van der Waals surface area contributed by atoms with E-state index in [-0.39, 0.29) is 28.7 Å². The van der Waals surface area contributed by atoms with Crippen molar-refractivity contribution in [3.8, 4) is 0 Å². The molecular formula is C16H22N4O3. The maximum Gasteiger partial charge on any atom is 0.329 e. The van der Waals surface area contributed by atoms with Crippen molar-refractivity contribution in [1.82, 2.24) is 19.4 Å². The number of hydrogen-bond acceptors (Lipinski definition) is 4. The molecule has 2 aromatic heterocycles. The van der Waals surface area contributed by atoms with E-state index in [1.807, 2.05) is 6.92 Å². The molecular weight excluding hydrogens is 296 g/mol. The largest absolute Gasteiger partial charge is 0.338 e. The highest BCUT2D eigenvalue weighted by Gasteiger charge is 2.20. The highest BCUT2D eigenvalue weighted by Crippen LogP contribution is 2.13. The molecule has 2 rings (SSSR count). The van der Waals surface area contributed by atoms with E-state index in [1.165, 1.54) is 23.7 Å². The lowest BCUT2D eigenvalue weighted by molar-refractivity contribution is 0.0722.